The number of Topliss-reactive ketones (excluding diaryl/α,β-unsaturated/α-hetero) is 2. The van der Waals surface area contributed by atoms with Crippen molar-refractivity contribution in [3.05, 3.63) is 35.5 Å². The molecule has 5 rings (SSSR count). The third kappa shape index (κ3) is 13.3. The highest BCUT2D eigenvalue weighted by Crippen LogP contribution is 2.40. The molecule has 3 aliphatic heterocycles. The Morgan fingerprint density at radius 1 is 0.879 bits per heavy atom. The van der Waals surface area contributed by atoms with Gasteiger partial charge in [-0.2, -0.15) is 0 Å². The van der Waals surface area contributed by atoms with E-state index in [2.05, 4.69) is 18.2 Å². The number of esters is 1. The molecule has 2 saturated heterocycles. The zero-order valence-electron chi connectivity index (χ0n) is 41.3. The lowest BCUT2D eigenvalue weighted by molar-refractivity contribution is -0.302. The number of fused-ring (bicyclic) bond motifs is 3. The monoisotopic (exact) mass is 932 g/mol. The summed E-state index contributed by atoms with van der Waals surface area (Å²) < 4.78 is 52.8. The summed E-state index contributed by atoms with van der Waals surface area (Å²) in [7, 11) is 4.59. The van der Waals surface area contributed by atoms with Crippen LogP contribution in [0.4, 0.5) is 4.39 Å². The summed E-state index contributed by atoms with van der Waals surface area (Å²) in [5, 5.41) is 23.9. The van der Waals surface area contributed by atoms with Crippen LogP contribution < -0.4 is 0 Å². The number of cyclic esters (lactones) is 1. The summed E-state index contributed by atoms with van der Waals surface area (Å²) >= 11 is 0. The van der Waals surface area contributed by atoms with Gasteiger partial charge in [0.1, 0.15) is 30.2 Å². The molecule has 5 aliphatic rings. The van der Waals surface area contributed by atoms with E-state index in [1.807, 2.05) is 13.8 Å². The Morgan fingerprint density at radius 2 is 1.55 bits per heavy atom. The third-order valence-electron chi connectivity index (χ3n) is 15.5. The van der Waals surface area contributed by atoms with Crippen LogP contribution in [-0.4, -0.2) is 134 Å². The van der Waals surface area contributed by atoms with Crippen molar-refractivity contribution in [1.29, 1.82) is 0 Å². The molecule has 4 fully saturated rings. The molecule has 15 atom stereocenters. The van der Waals surface area contributed by atoms with Gasteiger partial charge in [-0.05, 0) is 113 Å². The van der Waals surface area contributed by atoms with Crippen molar-refractivity contribution in [2.45, 2.75) is 199 Å². The van der Waals surface area contributed by atoms with Crippen LogP contribution in [-0.2, 0) is 47.6 Å². The Labute approximate surface area is 393 Å². The van der Waals surface area contributed by atoms with Crippen LogP contribution in [0.25, 0.3) is 0 Å². The van der Waals surface area contributed by atoms with Gasteiger partial charge in [-0.3, -0.25) is 14.4 Å². The number of alkyl halides is 1. The van der Waals surface area contributed by atoms with Gasteiger partial charge in [0, 0.05) is 52.0 Å². The molecular weight excluding hydrogens is 850 g/mol. The van der Waals surface area contributed by atoms with E-state index in [-0.39, 0.29) is 56.1 Å². The molecule has 0 radical (unpaired) electrons. The van der Waals surface area contributed by atoms with E-state index >= 15 is 4.39 Å². The number of aliphatic hydroxyl groups is 2. The van der Waals surface area contributed by atoms with Crippen molar-refractivity contribution in [2.75, 3.05) is 34.5 Å². The molecule has 2 aliphatic carbocycles. The van der Waals surface area contributed by atoms with E-state index < -0.39 is 89.9 Å². The highest BCUT2D eigenvalue weighted by Gasteiger charge is 2.57. The number of aliphatic hydroxyl groups excluding tert-OH is 1. The van der Waals surface area contributed by atoms with Gasteiger partial charge in [-0.1, -0.05) is 71.3 Å². The number of ketones is 2. The lowest BCUT2D eigenvalue weighted by Gasteiger charge is -2.47. The van der Waals surface area contributed by atoms with E-state index in [1.54, 1.807) is 40.9 Å². The van der Waals surface area contributed by atoms with Gasteiger partial charge in [-0.15, -0.1) is 0 Å². The average Bonchev–Trinajstić information content (AvgIpc) is 3.32. The van der Waals surface area contributed by atoms with Gasteiger partial charge in [-0.25, -0.2) is 9.18 Å². The Morgan fingerprint density at radius 3 is 2.21 bits per heavy atom. The molecule has 2 N–H and O–H groups in total. The summed E-state index contributed by atoms with van der Waals surface area (Å²) in [6.45, 7) is 10.9. The molecule has 0 spiro atoms. The van der Waals surface area contributed by atoms with E-state index in [1.165, 1.54) is 51.2 Å². The zero-order chi connectivity index (χ0) is 48.3. The van der Waals surface area contributed by atoms with Crippen LogP contribution >= 0.6 is 0 Å². The largest absolute Gasteiger partial charge is 0.456 e. The number of halogens is 1. The van der Waals surface area contributed by atoms with E-state index in [0.29, 0.717) is 49.4 Å². The molecule has 66 heavy (non-hydrogen) atoms. The molecule has 2 saturated carbocycles. The highest BCUT2D eigenvalue weighted by atomic mass is 19.1. The van der Waals surface area contributed by atoms with Crippen molar-refractivity contribution in [2.24, 2.45) is 35.5 Å². The second kappa shape index (κ2) is 25.1. The summed E-state index contributed by atoms with van der Waals surface area (Å²) in [6.07, 6.45) is 11.7. The predicted molar refractivity (Wildman–Crippen MR) is 248 cm³/mol. The van der Waals surface area contributed by atoms with Crippen LogP contribution in [0.3, 0.4) is 0 Å². The first kappa shape index (κ1) is 54.1. The summed E-state index contributed by atoms with van der Waals surface area (Å²) in [5.41, 5.74) is 1.01. The molecule has 13 nitrogen and oxygen atoms in total. The molecule has 3 heterocycles. The maximum atomic E-state index is 16.3. The molecule has 14 heteroatoms. The first-order valence-electron chi connectivity index (χ1n) is 25.0. The van der Waals surface area contributed by atoms with Gasteiger partial charge in [0.15, 0.2) is 0 Å². The van der Waals surface area contributed by atoms with Crippen molar-refractivity contribution in [3.8, 4) is 0 Å². The van der Waals surface area contributed by atoms with Crippen molar-refractivity contribution < 1.29 is 62.2 Å². The average molecular weight is 932 g/mol. The van der Waals surface area contributed by atoms with Crippen LogP contribution in [0.15, 0.2) is 35.5 Å². The highest BCUT2D eigenvalue weighted by molar-refractivity contribution is 6.39. The third-order valence-corrected chi connectivity index (χ3v) is 15.5. The number of hydrogen-bond donors (Lipinski definition) is 2. The Balaban J connectivity index is 1.45. The Bertz CT molecular complexity index is 1710. The molecule has 0 aromatic carbocycles. The SMILES string of the molecule is CCC1/C=C(\C)C(F)C(C)CC(OC)C2OC(O)(C(=O)C(=O)N3CCCCC3C(=O)OC(C(C)=CC3CCC(OC/C=C/C4CCCCC4)C(OC)C3)C(C)C(O)CC1=O)C(C)CC2OC. The maximum absolute atomic E-state index is 16.3. The molecule has 15 unspecified atom stereocenters. The number of ether oxygens (including phenoxy) is 6. The maximum Gasteiger partial charge on any atom is 0.329 e. The molecular formula is C52H82FNO12. The number of rotatable bonds is 10. The number of methoxy groups -OCH3 is 3. The van der Waals surface area contributed by atoms with Crippen LogP contribution in [0.2, 0.25) is 0 Å². The normalized spacial score (nSPS) is 40.0. The number of allylic oxidation sites excluding steroid dienone is 4. The second-order valence-corrected chi connectivity index (χ2v) is 20.3. The Kier molecular flexibility index (Phi) is 20.6. The van der Waals surface area contributed by atoms with E-state index in [0.717, 1.165) is 12.8 Å². The molecule has 374 valence electrons. The van der Waals surface area contributed by atoms with Gasteiger partial charge >= 0.3 is 5.97 Å². The van der Waals surface area contributed by atoms with Gasteiger partial charge in [0.2, 0.25) is 5.79 Å². The van der Waals surface area contributed by atoms with Crippen LogP contribution in [0.5, 0.6) is 0 Å². The first-order valence-corrected chi connectivity index (χ1v) is 25.0. The van der Waals surface area contributed by atoms with Crippen LogP contribution in [0.1, 0.15) is 138 Å². The number of carbonyl (C=O) groups excluding carboxylic acids is 4. The zero-order valence-corrected chi connectivity index (χ0v) is 41.3. The first-order chi connectivity index (χ1) is 31.5. The van der Waals surface area contributed by atoms with E-state index in [4.69, 9.17) is 28.4 Å². The van der Waals surface area contributed by atoms with Gasteiger partial charge in [0.25, 0.3) is 11.7 Å². The number of amides is 1. The summed E-state index contributed by atoms with van der Waals surface area (Å²) in [5.74, 6) is -8.31. The fourth-order valence-electron chi connectivity index (χ4n) is 11.2. The minimum atomic E-state index is -2.60. The standard InChI is InChI=1S/C52H82FNO12/c1-10-38-26-31(2)46(53)32(3)27-44(62-8)48-45(63-9)28-34(5)52(60,66-48)49(57)50(58)54-23-15-14-20-39(54)51(59)65-47(35(6)40(55)30-41(38)56)33(4)25-37-21-22-42(43(29-37)61-7)64-24-16-19-36-17-12-11-13-18-36/h16,19,25-26,32,34-40,42-48,55,60H,10-15,17-18,20-24,27-30H2,1-9H3/b19-16+,31-26+,33-25?. The quantitative estimate of drug-likeness (QED) is 0.125. The summed E-state index contributed by atoms with van der Waals surface area (Å²) in [4.78, 5) is 58.3. The number of piperidine rings is 1. The number of carbonyl (C=O) groups is 4. The number of hydrogen-bond acceptors (Lipinski definition) is 12. The minimum Gasteiger partial charge on any atom is -0.456 e. The molecule has 1 amide bonds. The topological polar surface area (TPSA) is 167 Å². The van der Waals surface area contributed by atoms with Crippen LogP contribution in [0, 0.1) is 35.5 Å². The number of nitrogens with zero attached hydrogens (tertiary/aromatic N) is 1. The fourth-order valence-corrected chi connectivity index (χ4v) is 11.2. The lowest BCUT2D eigenvalue weighted by Crippen LogP contribution is -2.64. The predicted octanol–water partition coefficient (Wildman–Crippen LogP) is 7.58. The molecule has 0 aromatic heterocycles. The van der Waals surface area contributed by atoms with Gasteiger partial charge < -0.3 is 43.5 Å². The molecule has 2 bridgehead atoms. The second-order valence-electron chi connectivity index (χ2n) is 20.3. The van der Waals surface area contributed by atoms with Gasteiger partial charge in [0.05, 0.1) is 37.1 Å². The molecule has 0 aromatic rings. The van der Waals surface area contributed by atoms with E-state index in [9.17, 15) is 29.4 Å². The minimum absolute atomic E-state index is 0.0267. The smallest absolute Gasteiger partial charge is 0.329 e. The summed E-state index contributed by atoms with van der Waals surface area (Å²) in [6, 6.07) is -1.17. The Hall–Kier alpha value is -2.85. The fraction of sp³-hybridized carbons (Fsp3) is 0.808. The van der Waals surface area contributed by atoms with Crippen molar-refractivity contribution in [1.82, 2.24) is 4.90 Å². The lowest BCUT2D eigenvalue weighted by atomic mass is 9.81. The van der Waals surface area contributed by atoms with Crippen molar-refractivity contribution >= 4 is 23.4 Å². The van der Waals surface area contributed by atoms with Crippen molar-refractivity contribution in [3.63, 3.8) is 0 Å².